The quantitative estimate of drug-likeness (QED) is 0.575. The number of rotatable bonds is 5. The number of anilines is 1. The van der Waals surface area contributed by atoms with Crippen molar-refractivity contribution in [1.29, 1.82) is 0 Å². The summed E-state index contributed by atoms with van der Waals surface area (Å²) in [4.78, 5) is 19.0. The standard InChI is InChI=1S/C22H24F3N7O3/c1-12-6-14-9-21(8-12,19-29-28-17(35-19)10-34-3)32(14)20(33)27-13-4-5-16(22(23,24)25)15(7-13)18-26-11-31(2)30-18/h4-5,7,11-12,14H,6,8-10H2,1-3H3,(H,27,33)/t12-,14-,21+/m0/s1. The van der Waals surface area contributed by atoms with E-state index in [9.17, 15) is 18.0 Å². The van der Waals surface area contributed by atoms with Crippen LogP contribution in [0.5, 0.6) is 0 Å². The zero-order chi connectivity index (χ0) is 25.0. The van der Waals surface area contributed by atoms with Gasteiger partial charge in [-0.1, -0.05) is 6.92 Å². The highest BCUT2D eigenvalue weighted by atomic mass is 19.4. The maximum Gasteiger partial charge on any atom is 0.417 e. The molecule has 1 N–H and O–H groups in total. The van der Waals surface area contributed by atoms with Crippen LogP contribution in [-0.4, -0.2) is 49.0 Å². The first-order valence-electron chi connectivity index (χ1n) is 11.1. The highest BCUT2D eigenvalue weighted by Crippen LogP contribution is 2.55. The molecular weight excluding hydrogens is 467 g/mol. The van der Waals surface area contributed by atoms with Crippen LogP contribution >= 0.6 is 0 Å². The summed E-state index contributed by atoms with van der Waals surface area (Å²) in [6.45, 7) is 2.26. The van der Waals surface area contributed by atoms with Crippen LogP contribution in [0.2, 0.25) is 0 Å². The lowest BCUT2D eigenvalue weighted by Gasteiger charge is -2.61. The van der Waals surface area contributed by atoms with E-state index < -0.39 is 23.3 Å². The number of hydrogen-bond acceptors (Lipinski definition) is 7. The van der Waals surface area contributed by atoms with Crippen molar-refractivity contribution >= 4 is 11.7 Å². The van der Waals surface area contributed by atoms with E-state index in [0.717, 1.165) is 12.5 Å². The number of fused-ring (bicyclic) bond motifs is 2. The van der Waals surface area contributed by atoms with Gasteiger partial charge < -0.3 is 19.4 Å². The topological polar surface area (TPSA) is 111 Å². The van der Waals surface area contributed by atoms with Crippen LogP contribution in [0, 0.1) is 5.92 Å². The molecule has 3 atom stereocenters. The van der Waals surface area contributed by atoms with Crippen LogP contribution in [0.15, 0.2) is 28.9 Å². The largest absolute Gasteiger partial charge is 0.420 e. The zero-order valence-corrected chi connectivity index (χ0v) is 19.3. The van der Waals surface area contributed by atoms with Crippen molar-refractivity contribution in [2.24, 2.45) is 13.0 Å². The fourth-order valence-corrected chi connectivity index (χ4v) is 5.27. The molecule has 3 aromatic rings. The molecule has 0 unspecified atom stereocenters. The summed E-state index contributed by atoms with van der Waals surface area (Å²) in [7, 11) is 3.08. The summed E-state index contributed by atoms with van der Waals surface area (Å²) >= 11 is 0. The molecule has 186 valence electrons. The monoisotopic (exact) mass is 491 g/mol. The molecule has 0 spiro atoms. The molecule has 5 rings (SSSR count). The summed E-state index contributed by atoms with van der Waals surface area (Å²) in [5.74, 6) is 0.907. The van der Waals surface area contributed by atoms with Gasteiger partial charge in [-0.2, -0.15) is 18.3 Å². The third kappa shape index (κ3) is 4.03. The van der Waals surface area contributed by atoms with Crippen LogP contribution < -0.4 is 5.32 Å². The Morgan fingerprint density at radius 2 is 2.11 bits per heavy atom. The molecule has 2 aromatic heterocycles. The SMILES string of the molecule is COCc1nnc([C@@]23C[C@@H](C)C[C@@H](C2)N3C(=O)Nc2ccc(C(F)(F)F)c(-c3ncn(C)n3)c2)o1. The number of carbonyl (C=O) groups is 1. The number of hydrogen-bond donors (Lipinski definition) is 1. The minimum Gasteiger partial charge on any atom is -0.420 e. The number of benzene rings is 1. The second-order valence-electron chi connectivity index (χ2n) is 9.17. The van der Waals surface area contributed by atoms with Gasteiger partial charge in [-0.3, -0.25) is 4.68 Å². The lowest BCUT2D eigenvalue weighted by molar-refractivity contribution is -0.137. The van der Waals surface area contributed by atoms with E-state index in [2.05, 4.69) is 32.5 Å². The number of nitrogens with one attached hydrogen (secondary N) is 1. The number of nitrogens with zero attached hydrogens (tertiary/aromatic N) is 6. The van der Waals surface area contributed by atoms with Crippen molar-refractivity contribution in [3.63, 3.8) is 0 Å². The van der Waals surface area contributed by atoms with Crippen molar-refractivity contribution in [2.75, 3.05) is 12.4 Å². The average Bonchev–Trinajstić information content (AvgIpc) is 3.42. The van der Waals surface area contributed by atoms with E-state index >= 15 is 0 Å². The number of halogens is 3. The van der Waals surface area contributed by atoms with Gasteiger partial charge in [0.25, 0.3) is 0 Å². The number of aromatic nitrogens is 5. The molecular formula is C22H24F3N7O3. The van der Waals surface area contributed by atoms with Crippen LogP contribution in [-0.2, 0) is 30.1 Å². The highest BCUT2D eigenvalue weighted by molar-refractivity contribution is 5.92. The summed E-state index contributed by atoms with van der Waals surface area (Å²) in [5, 5.41) is 14.9. The lowest BCUT2D eigenvalue weighted by atomic mass is 9.64. The fourth-order valence-electron chi connectivity index (χ4n) is 5.27. The second kappa shape index (κ2) is 8.33. The van der Waals surface area contributed by atoms with E-state index in [4.69, 9.17) is 9.15 Å². The molecule has 13 heteroatoms. The first-order valence-corrected chi connectivity index (χ1v) is 11.1. The number of likely N-dealkylation sites (tertiary alicyclic amines) is 1. The van der Waals surface area contributed by atoms with Gasteiger partial charge in [0.05, 0.1) is 5.56 Å². The molecule has 2 fully saturated rings. The second-order valence-corrected chi connectivity index (χ2v) is 9.17. The van der Waals surface area contributed by atoms with E-state index in [1.54, 1.807) is 11.9 Å². The molecule has 1 saturated heterocycles. The van der Waals surface area contributed by atoms with Gasteiger partial charge in [0.1, 0.15) is 18.5 Å². The van der Waals surface area contributed by atoms with E-state index in [-0.39, 0.29) is 29.7 Å². The number of piperidine rings is 1. The summed E-state index contributed by atoms with van der Waals surface area (Å²) in [6.07, 6.45) is -1.17. The Bertz CT molecular complexity index is 1260. The normalized spacial score (nSPS) is 23.8. The van der Waals surface area contributed by atoms with E-state index in [0.29, 0.717) is 30.5 Å². The highest BCUT2D eigenvalue weighted by Gasteiger charge is 2.62. The Morgan fingerprint density at radius 1 is 1.31 bits per heavy atom. The van der Waals surface area contributed by atoms with Gasteiger partial charge in [0.2, 0.25) is 11.8 Å². The Balaban J connectivity index is 1.45. The van der Waals surface area contributed by atoms with Gasteiger partial charge in [-0.15, -0.1) is 10.2 Å². The Kier molecular flexibility index (Phi) is 5.54. The number of alkyl halides is 3. The van der Waals surface area contributed by atoms with Crippen LogP contribution in [0.3, 0.4) is 0 Å². The Hall–Kier alpha value is -3.48. The van der Waals surface area contributed by atoms with E-state index in [1.807, 2.05) is 0 Å². The first kappa shape index (κ1) is 23.3. The van der Waals surface area contributed by atoms with Crippen molar-refractivity contribution in [2.45, 2.75) is 50.6 Å². The average molecular weight is 491 g/mol. The molecule has 1 aliphatic heterocycles. The predicted molar refractivity (Wildman–Crippen MR) is 116 cm³/mol. The van der Waals surface area contributed by atoms with Crippen LogP contribution in [0.4, 0.5) is 23.7 Å². The molecule has 10 nitrogen and oxygen atoms in total. The molecule has 3 heterocycles. The summed E-state index contributed by atoms with van der Waals surface area (Å²) < 4.78 is 53.0. The van der Waals surface area contributed by atoms with E-state index in [1.165, 1.54) is 30.3 Å². The number of urea groups is 1. The number of methoxy groups -OCH3 is 1. The summed E-state index contributed by atoms with van der Waals surface area (Å²) in [5.41, 5.74) is -1.67. The van der Waals surface area contributed by atoms with Crippen LogP contribution in [0.1, 0.15) is 43.5 Å². The third-order valence-electron chi connectivity index (χ3n) is 6.53. The number of carbonyl (C=O) groups excluding carboxylic acids is 1. The summed E-state index contributed by atoms with van der Waals surface area (Å²) in [6, 6.07) is 2.90. The molecule has 1 aliphatic carbocycles. The molecule has 1 saturated carbocycles. The van der Waals surface area contributed by atoms with Gasteiger partial charge in [-0.25, -0.2) is 9.78 Å². The van der Waals surface area contributed by atoms with Gasteiger partial charge in [0, 0.05) is 37.9 Å². The molecule has 2 amide bonds. The minimum atomic E-state index is -4.61. The molecule has 2 bridgehead atoms. The van der Waals surface area contributed by atoms with Crippen molar-refractivity contribution in [1.82, 2.24) is 29.9 Å². The lowest BCUT2D eigenvalue weighted by Crippen LogP contribution is -2.70. The smallest absolute Gasteiger partial charge is 0.417 e. The number of aryl methyl sites for hydroxylation is 1. The maximum atomic E-state index is 13.6. The zero-order valence-electron chi connectivity index (χ0n) is 19.3. The van der Waals surface area contributed by atoms with Gasteiger partial charge in [0.15, 0.2) is 5.82 Å². The maximum absolute atomic E-state index is 13.6. The van der Waals surface area contributed by atoms with Crippen molar-refractivity contribution < 1.29 is 27.1 Å². The molecule has 1 aromatic carbocycles. The van der Waals surface area contributed by atoms with Crippen molar-refractivity contribution in [3.05, 3.63) is 41.9 Å². The predicted octanol–water partition coefficient (Wildman–Crippen LogP) is 3.96. The molecule has 35 heavy (non-hydrogen) atoms. The number of amides is 2. The molecule has 0 radical (unpaired) electrons. The van der Waals surface area contributed by atoms with Gasteiger partial charge >= 0.3 is 12.2 Å². The number of ether oxygens (including phenoxy) is 1. The Morgan fingerprint density at radius 3 is 2.80 bits per heavy atom. The Labute approximate surface area is 198 Å². The third-order valence-corrected chi connectivity index (χ3v) is 6.53. The molecule has 2 aliphatic rings. The van der Waals surface area contributed by atoms with Crippen LogP contribution in [0.25, 0.3) is 11.4 Å². The van der Waals surface area contributed by atoms with Crippen molar-refractivity contribution in [3.8, 4) is 11.4 Å². The fraction of sp³-hybridized carbons (Fsp3) is 0.500. The van der Waals surface area contributed by atoms with Gasteiger partial charge in [-0.05, 0) is 37.0 Å². The first-order chi connectivity index (χ1) is 16.6. The minimum absolute atomic E-state index is 0.0390.